The number of nitrogens with one attached hydrogen (secondary N) is 1. The lowest BCUT2D eigenvalue weighted by Crippen LogP contribution is -2.52. The third-order valence-electron chi connectivity index (χ3n) is 3.36. The molecular weight excluding hydrogens is 273 g/mol. The van der Waals surface area contributed by atoms with Crippen molar-refractivity contribution >= 4 is 17.5 Å². The van der Waals surface area contributed by atoms with Crippen molar-refractivity contribution in [3.8, 4) is 0 Å². The zero-order valence-corrected chi connectivity index (χ0v) is 11.7. The summed E-state index contributed by atoms with van der Waals surface area (Å²) in [5.74, 6) is -1.46. The fourth-order valence-electron chi connectivity index (χ4n) is 2.24. The highest BCUT2D eigenvalue weighted by molar-refractivity contribution is 6.35. The van der Waals surface area contributed by atoms with E-state index in [2.05, 4.69) is 11.9 Å². The van der Waals surface area contributed by atoms with Crippen LogP contribution in [-0.2, 0) is 9.59 Å². The maximum absolute atomic E-state index is 13.7. The second-order valence-corrected chi connectivity index (χ2v) is 4.73. The Balaban J connectivity index is 1.91. The van der Waals surface area contributed by atoms with Crippen molar-refractivity contribution in [3.63, 3.8) is 0 Å². The number of halogens is 1. The summed E-state index contributed by atoms with van der Waals surface area (Å²) in [6.07, 6.45) is 1.52. The maximum atomic E-state index is 13.7. The molecule has 0 radical (unpaired) electrons. The highest BCUT2D eigenvalue weighted by Gasteiger charge is 2.26. The molecule has 1 N–H and O–H groups in total. The summed E-state index contributed by atoms with van der Waals surface area (Å²) in [6.45, 7) is 5.54. The van der Waals surface area contributed by atoms with E-state index in [1.165, 1.54) is 17.0 Å². The van der Waals surface area contributed by atoms with E-state index < -0.39 is 11.8 Å². The van der Waals surface area contributed by atoms with Crippen LogP contribution in [0.2, 0.25) is 0 Å². The van der Waals surface area contributed by atoms with Crippen LogP contribution in [0.4, 0.5) is 10.1 Å². The van der Waals surface area contributed by atoms with Crippen LogP contribution >= 0.6 is 0 Å². The summed E-state index contributed by atoms with van der Waals surface area (Å²) >= 11 is 0. The molecule has 0 aromatic heterocycles. The number of nitrogens with zero attached hydrogens (tertiary/aromatic N) is 2. The summed E-state index contributed by atoms with van der Waals surface area (Å²) in [7, 11) is 0. The van der Waals surface area contributed by atoms with Gasteiger partial charge in [-0.25, -0.2) is 4.39 Å². The SMILES string of the molecule is C=CCNC(=O)C(=O)N1CCN(c2ccccc2F)CC1. The normalized spacial score (nSPS) is 14.7. The highest BCUT2D eigenvalue weighted by atomic mass is 19.1. The van der Waals surface area contributed by atoms with E-state index in [4.69, 9.17) is 0 Å². The molecule has 2 amide bonds. The van der Waals surface area contributed by atoms with E-state index in [0.29, 0.717) is 31.9 Å². The van der Waals surface area contributed by atoms with Gasteiger partial charge in [-0.3, -0.25) is 9.59 Å². The van der Waals surface area contributed by atoms with Crippen LogP contribution in [0, 0.1) is 5.82 Å². The Labute approximate surface area is 123 Å². The molecule has 0 atom stereocenters. The quantitative estimate of drug-likeness (QED) is 0.661. The molecule has 21 heavy (non-hydrogen) atoms. The average Bonchev–Trinajstić information content (AvgIpc) is 2.52. The van der Waals surface area contributed by atoms with Gasteiger partial charge < -0.3 is 15.1 Å². The van der Waals surface area contributed by atoms with E-state index in [-0.39, 0.29) is 12.4 Å². The topological polar surface area (TPSA) is 52.7 Å². The highest BCUT2D eigenvalue weighted by Crippen LogP contribution is 2.20. The molecule has 2 rings (SSSR count). The molecule has 1 aromatic rings. The number of anilines is 1. The average molecular weight is 291 g/mol. The Bertz CT molecular complexity index is 539. The van der Waals surface area contributed by atoms with Crippen molar-refractivity contribution in [1.29, 1.82) is 0 Å². The summed E-state index contributed by atoms with van der Waals surface area (Å²) in [5.41, 5.74) is 0.528. The van der Waals surface area contributed by atoms with Gasteiger partial charge in [0.15, 0.2) is 0 Å². The number of hydrogen-bond donors (Lipinski definition) is 1. The monoisotopic (exact) mass is 291 g/mol. The molecule has 1 aromatic carbocycles. The zero-order valence-electron chi connectivity index (χ0n) is 11.7. The Morgan fingerprint density at radius 2 is 1.90 bits per heavy atom. The number of carbonyl (C=O) groups is 2. The first kappa shape index (κ1) is 15.0. The van der Waals surface area contributed by atoms with Crippen molar-refractivity contribution < 1.29 is 14.0 Å². The van der Waals surface area contributed by atoms with Gasteiger partial charge in [0.05, 0.1) is 5.69 Å². The van der Waals surface area contributed by atoms with Crippen LogP contribution in [0.1, 0.15) is 0 Å². The Kier molecular flexibility index (Phi) is 4.92. The number of rotatable bonds is 3. The van der Waals surface area contributed by atoms with Gasteiger partial charge in [-0.1, -0.05) is 18.2 Å². The van der Waals surface area contributed by atoms with E-state index in [0.717, 1.165) is 0 Å². The molecule has 1 heterocycles. The minimum absolute atomic E-state index is 0.264. The van der Waals surface area contributed by atoms with Gasteiger partial charge in [-0.05, 0) is 12.1 Å². The van der Waals surface area contributed by atoms with E-state index >= 15 is 0 Å². The summed E-state index contributed by atoms with van der Waals surface area (Å²) in [4.78, 5) is 26.8. The summed E-state index contributed by atoms with van der Waals surface area (Å²) < 4.78 is 13.7. The van der Waals surface area contributed by atoms with Crippen LogP contribution in [0.5, 0.6) is 0 Å². The van der Waals surface area contributed by atoms with Crippen LogP contribution in [0.25, 0.3) is 0 Å². The van der Waals surface area contributed by atoms with Gasteiger partial charge in [0, 0.05) is 32.7 Å². The Hall–Kier alpha value is -2.37. The van der Waals surface area contributed by atoms with E-state index in [1.54, 1.807) is 18.2 Å². The van der Waals surface area contributed by atoms with Gasteiger partial charge in [0.1, 0.15) is 5.82 Å². The fraction of sp³-hybridized carbons (Fsp3) is 0.333. The third kappa shape index (κ3) is 3.59. The van der Waals surface area contributed by atoms with Crippen LogP contribution < -0.4 is 10.2 Å². The lowest BCUT2D eigenvalue weighted by Gasteiger charge is -2.35. The number of hydrogen-bond acceptors (Lipinski definition) is 3. The van der Waals surface area contributed by atoms with Gasteiger partial charge in [-0.15, -0.1) is 6.58 Å². The minimum Gasteiger partial charge on any atom is -0.366 e. The number of benzene rings is 1. The first-order valence-electron chi connectivity index (χ1n) is 6.81. The Morgan fingerprint density at radius 3 is 2.52 bits per heavy atom. The smallest absolute Gasteiger partial charge is 0.312 e. The van der Waals surface area contributed by atoms with Gasteiger partial charge >= 0.3 is 11.8 Å². The molecule has 0 spiro atoms. The second-order valence-electron chi connectivity index (χ2n) is 4.73. The van der Waals surface area contributed by atoms with Crippen molar-refractivity contribution in [2.45, 2.75) is 0 Å². The van der Waals surface area contributed by atoms with Crippen molar-refractivity contribution in [3.05, 3.63) is 42.7 Å². The Morgan fingerprint density at radius 1 is 1.24 bits per heavy atom. The molecule has 0 unspecified atom stereocenters. The fourth-order valence-corrected chi connectivity index (χ4v) is 2.24. The van der Waals surface area contributed by atoms with E-state index in [9.17, 15) is 14.0 Å². The molecule has 0 aliphatic carbocycles. The van der Waals surface area contributed by atoms with Crippen LogP contribution in [0.15, 0.2) is 36.9 Å². The van der Waals surface area contributed by atoms with Crippen molar-refractivity contribution in [2.75, 3.05) is 37.6 Å². The summed E-state index contributed by atoms with van der Waals surface area (Å²) in [5, 5.41) is 2.46. The third-order valence-corrected chi connectivity index (χ3v) is 3.36. The zero-order chi connectivity index (χ0) is 15.2. The number of para-hydroxylation sites is 1. The summed E-state index contributed by atoms with van der Waals surface area (Å²) in [6, 6.07) is 6.54. The molecular formula is C15H18FN3O2. The number of piperazine rings is 1. The molecule has 112 valence electrons. The molecule has 1 aliphatic rings. The van der Waals surface area contributed by atoms with Crippen LogP contribution in [-0.4, -0.2) is 49.4 Å². The van der Waals surface area contributed by atoms with Crippen molar-refractivity contribution in [1.82, 2.24) is 10.2 Å². The molecule has 1 saturated heterocycles. The lowest BCUT2D eigenvalue weighted by atomic mass is 10.2. The minimum atomic E-state index is -0.630. The predicted octanol–water partition coefficient (Wildman–Crippen LogP) is 0.777. The largest absolute Gasteiger partial charge is 0.366 e. The molecule has 6 heteroatoms. The molecule has 5 nitrogen and oxygen atoms in total. The molecule has 1 aliphatic heterocycles. The number of carbonyl (C=O) groups excluding carboxylic acids is 2. The predicted molar refractivity (Wildman–Crippen MR) is 78.4 cm³/mol. The standard InChI is InChI=1S/C15H18FN3O2/c1-2-7-17-14(20)15(21)19-10-8-18(9-11-19)13-6-4-3-5-12(13)16/h2-6H,1,7-11H2,(H,17,20). The molecule has 0 saturated carbocycles. The maximum Gasteiger partial charge on any atom is 0.312 e. The molecule has 0 bridgehead atoms. The van der Waals surface area contributed by atoms with Gasteiger partial charge in [-0.2, -0.15) is 0 Å². The van der Waals surface area contributed by atoms with Crippen molar-refractivity contribution in [2.24, 2.45) is 0 Å². The van der Waals surface area contributed by atoms with E-state index in [1.807, 2.05) is 4.90 Å². The van der Waals surface area contributed by atoms with Gasteiger partial charge in [0.2, 0.25) is 0 Å². The second kappa shape index (κ2) is 6.88. The first-order chi connectivity index (χ1) is 10.1. The first-order valence-corrected chi connectivity index (χ1v) is 6.81. The lowest BCUT2D eigenvalue weighted by molar-refractivity contribution is -0.145. The van der Waals surface area contributed by atoms with Gasteiger partial charge in [0.25, 0.3) is 0 Å². The molecule has 1 fully saturated rings. The number of amides is 2. The van der Waals surface area contributed by atoms with Crippen LogP contribution in [0.3, 0.4) is 0 Å².